The van der Waals surface area contributed by atoms with Crippen LogP contribution >= 0.6 is 0 Å². The summed E-state index contributed by atoms with van der Waals surface area (Å²) >= 11 is 0. The Morgan fingerprint density at radius 3 is 2.46 bits per heavy atom. The maximum absolute atomic E-state index is 12.3. The molecule has 0 aromatic heterocycles. The van der Waals surface area contributed by atoms with Gasteiger partial charge in [0.2, 0.25) is 0 Å². The number of nitrogens with one attached hydrogen (secondary N) is 1. The fourth-order valence-electron chi connectivity index (χ4n) is 1.27. The SMILES string of the molecule is FC(F)C1=Cc2ccccc2[CH]N1. The predicted octanol–water partition coefficient (Wildman–Crippen LogP) is 2.41. The van der Waals surface area contributed by atoms with Gasteiger partial charge in [0, 0.05) is 0 Å². The van der Waals surface area contributed by atoms with Gasteiger partial charge in [-0.3, -0.25) is 0 Å². The van der Waals surface area contributed by atoms with Crippen LogP contribution in [0, 0.1) is 6.54 Å². The van der Waals surface area contributed by atoms with Crippen LogP contribution in [0.4, 0.5) is 8.78 Å². The zero-order valence-electron chi connectivity index (χ0n) is 6.80. The lowest BCUT2D eigenvalue weighted by Crippen LogP contribution is -2.20. The summed E-state index contributed by atoms with van der Waals surface area (Å²) in [4.78, 5) is 0. The van der Waals surface area contributed by atoms with Crippen molar-refractivity contribution in [1.82, 2.24) is 5.32 Å². The molecule has 0 atom stereocenters. The van der Waals surface area contributed by atoms with Crippen molar-refractivity contribution in [3.05, 3.63) is 47.6 Å². The Morgan fingerprint density at radius 2 is 1.77 bits per heavy atom. The van der Waals surface area contributed by atoms with Crippen LogP contribution in [0.15, 0.2) is 30.0 Å². The van der Waals surface area contributed by atoms with E-state index in [1.807, 2.05) is 24.3 Å². The molecule has 0 bridgehead atoms. The number of allylic oxidation sites excluding steroid dienone is 1. The van der Waals surface area contributed by atoms with Crippen LogP contribution in [0.1, 0.15) is 11.1 Å². The monoisotopic (exact) mass is 180 g/mol. The fourth-order valence-corrected chi connectivity index (χ4v) is 1.27. The molecule has 1 aromatic rings. The van der Waals surface area contributed by atoms with Gasteiger partial charge in [0.05, 0.1) is 12.2 Å². The largest absolute Gasteiger partial charge is 0.374 e. The number of rotatable bonds is 1. The molecule has 1 aliphatic rings. The van der Waals surface area contributed by atoms with Gasteiger partial charge in [-0.25, -0.2) is 8.78 Å². The minimum Gasteiger partial charge on any atom is -0.374 e. The van der Waals surface area contributed by atoms with Crippen LogP contribution in [0.3, 0.4) is 0 Å². The van der Waals surface area contributed by atoms with Gasteiger partial charge in [-0.05, 0) is 17.2 Å². The molecular weight excluding hydrogens is 172 g/mol. The van der Waals surface area contributed by atoms with Crippen molar-refractivity contribution in [2.24, 2.45) is 0 Å². The summed E-state index contributed by atoms with van der Waals surface area (Å²) in [6, 6.07) is 7.39. The molecule has 67 valence electrons. The number of hydrogen-bond donors (Lipinski definition) is 1. The minimum atomic E-state index is -2.44. The Bertz CT molecular complexity index is 345. The second-order valence-electron chi connectivity index (χ2n) is 2.82. The van der Waals surface area contributed by atoms with E-state index in [2.05, 4.69) is 5.32 Å². The van der Waals surface area contributed by atoms with E-state index in [4.69, 9.17) is 0 Å². The lowest BCUT2D eigenvalue weighted by atomic mass is 10.0. The molecule has 1 heterocycles. The highest BCUT2D eigenvalue weighted by molar-refractivity contribution is 5.61. The van der Waals surface area contributed by atoms with E-state index in [1.54, 1.807) is 6.54 Å². The van der Waals surface area contributed by atoms with Gasteiger partial charge in [-0.1, -0.05) is 24.3 Å². The maximum Gasteiger partial charge on any atom is 0.277 e. The summed E-state index contributed by atoms with van der Waals surface area (Å²) in [5, 5.41) is 2.56. The summed E-state index contributed by atoms with van der Waals surface area (Å²) in [5.41, 5.74) is 1.72. The van der Waals surface area contributed by atoms with Gasteiger partial charge in [0.15, 0.2) is 0 Å². The molecule has 13 heavy (non-hydrogen) atoms. The van der Waals surface area contributed by atoms with Crippen LogP contribution in [0.25, 0.3) is 6.08 Å². The van der Waals surface area contributed by atoms with Gasteiger partial charge in [-0.15, -0.1) is 0 Å². The topological polar surface area (TPSA) is 12.0 Å². The zero-order valence-corrected chi connectivity index (χ0v) is 6.80. The van der Waals surface area contributed by atoms with Crippen LogP contribution < -0.4 is 5.32 Å². The van der Waals surface area contributed by atoms with Crippen LogP contribution in [-0.2, 0) is 0 Å². The van der Waals surface area contributed by atoms with E-state index in [1.165, 1.54) is 6.08 Å². The lowest BCUT2D eigenvalue weighted by Gasteiger charge is -2.17. The van der Waals surface area contributed by atoms with Gasteiger partial charge >= 0.3 is 0 Å². The molecule has 0 saturated heterocycles. The van der Waals surface area contributed by atoms with E-state index < -0.39 is 6.43 Å². The predicted molar refractivity (Wildman–Crippen MR) is 47.0 cm³/mol. The van der Waals surface area contributed by atoms with Crippen molar-refractivity contribution in [2.45, 2.75) is 6.43 Å². The summed E-state index contributed by atoms with van der Waals surface area (Å²) in [7, 11) is 0. The molecule has 2 rings (SSSR count). The third-order valence-electron chi connectivity index (χ3n) is 1.94. The van der Waals surface area contributed by atoms with Crippen molar-refractivity contribution < 1.29 is 8.78 Å². The average molecular weight is 180 g/mol. The Labute approximate surface area is 75.1 Å². The molecule has 1 aromatic carbocycles. The maximum atomic E-state index is 12.3. The first kappa shape index (κ1) is 8.23. The van der Waals surface area contributed by atoms with Crippen molar-refractivity contribution in [3.8, 4) is 0 Å². The quantitative estimate of drug-likeness (QED) is 0.699. The Morgan fingerprint density at radius 1 is 1.08 bits per heavy atom. The summed E-state index contributed by atoms with van der Waals surface area (Å²) in [6.45, 7) is 1.59. The highest BCUT2D eigenvalue weighted by atomic mass is 19.3. The first-order valence-corrected chi connectivity index (χ1v) is 3.96. The highest BCUT2D eigenvalue weighted by Gasteiger charge is 2.15. The number of fused-ring (bicyclic) bond motifs is 1. The number of alkyl halides is 2. The molecule has 0 aliphatic carbocycles. The van der Waals surface area contributed by atoms with E-state index in [0.717, 1.165) is 11.1 Å². The van der Waals surface area contributed by atoms with E-state index >= 15 is 0 Å². The van der Waals surface area contributed by atoms with Gasteiger partial charge < -0.3 is 5.32 Å². The number of hydrogen-bond acceptors (Lipinski definition) is 1. The fraction of sp³-hybridized carbons (Fsp3) is 0.100. The smallest absolute Gasteiger partial charge is 0.277 e. The normalized spacial score (nSPS) is 14.8. The van der Waals surface area contributed by atoms with Gasteiger partial charge in [-0.2, -0.15) is 0 Å². The van der Waals surface area contributed by atoms with Crippen molar-refractivity contribution >= 4 is 6.08 Å². The molecule has 0 saturated carbocycles. The van der Waals surface area contributed by atoms with Gasteiger partial charge in [0.1, 0.15) is 0 Å². The Hall–Kier alpha value is -1.38. The molecule has 0 amide bonds. The van der Waals surface area contributed by atoms with Crippen molar-refractivity contribution in [3.63, 3.8) is 0 Å². The molecule has 1 nitrogen and oxygen atoms in total. The second kappa shape index (κ2) is 3.17. The number of benzene rings is 1. The molecule has 3 heteroatoms. The summed E-state index contributed by atoms with van der Waals surface area (Å²) in [5.74, 6) is 0. The van der Waals surface area contributed by atoms with Crippen molar-refractivity contribution in [2.75, 3.05) is 0 Å². The Kier molecular flexibility index (Phi) is 2.00. The molecule has 1 radical (unpaired) electrons. The summed E-state index contributed by atoms with van der Waals surface area (Å²) < 4.78 is 24.5. The molecule has 0 unspecified atom stereocenters. The summed E-state index contributed by atoms with van der Waals surface area (Å²) in [6.07, 6.45) is -0.968. The molecule has 0 fully saturated rings. The van der Waals surface area contributed by atoms with Crippen LogP contribution in [-0.4, -0.2) is 6.43 Å². The van der Waals surface area contributed by atoms with Crippen molar-refractivity contribution in [1.29, 1.82) is 0 Å². The van der Waals surface area contributed by atoms with E-state index in [0.29, 0.717) is 0 Å². The van der Waals surface area contributed by atoms with E-state index in [9.17, 15) is 8.78 Å². The Balaban J connectivity index is 2.38. The number of halogens is 2. The second-order valence-corrected chi connectivity index (χ2v) is 2.82. The van der Waals surface area contributed by atoms with Crippen LogP contribution in [0.5, 0.6) is 0 Å². The van der Waals surface area contributed by atoms with E-state index in [-0.39, 0.29) is 5.70 Å². The third-order valence-corrected chi connectivity index (χ3v) is 1.94. The first-order valence-electron chi connectivity index (χ1n) is 3.96. The van der Waals surface area contributed by atoms with Crippen LogP contribution in [0.2, 0.25) is 0 Å². The molecule has 1 N–H and O–H groups in total. The lowest BCUT2D eigenvalue weighted by molar-refractivity contribution is 0.183. The molecule has 0 spiro atoms. The minimum absolute atomic E-state index is 0.0429. The first-order chi connectivity index (χ1) is 6.27. The standard InChI is InChI=1S/C10H8F2N/c11-10(12)9-5-7-3-1-2-4-8(7)6-13-9/h1-6,10,13H. The average Bonchev–Trinajstić information content (AvgIpc) is 2.17. The molecular formula is C10H8F2N. The highest BCUT2D eigenvalue weighted by Crippen LogP contribution is 2.21. The zero-order chi connectivity index (χ0) is 9.26. The molecule has 1 aliphatic heterocycles. The third kappa shape index (κ3) is 1.54. The van der Waals surface area contributed by atoms with Gasteiger partial charge in [0.25, 0.3) is 6.43 Å².